The topological polar surface area (TPSA) is 32.6 Å². The van der Waals surface area contributed by atoms with Crippen molar-refractivity contribution in [3.8, 4) is 16.9 Å². The third-order valence-corrected chi connectivity index (χ3v) is 4.81. The summed E-state index contributed by atoms with van der Waals surface area (Å²) in [5.74, 6) is 1.06. The molecular weight excluding hydrogens is 282 g/mol. The highest BCUT2D eigenvalue weighted by atomic mass is 16.3. The number of hydrogen-bond donors (Lipinski definition) is 1. The first-order chi connectivity index (χ1) is 11.3. The molecule has 0 aliphatic heterocycles. The normalized spacial score (nSPS) is 16.0. The van der Waals surface area contributed by atoms with Gasteiger partial charge in [0.15, 0.2) is 0 Å². The van der Waals surface area contributed by atoms with E-state index in [0.29, 0.717) is 11.7 Å². The maximum atomic E-state index is 10.5. The molecule has 0 heterocycles. The van der Waals surface area contributed by atoms with Crippen LogP contribution in [0.2, 0.25) is 0 Å². The minimum atomic E-state index is 0.346. The van der Waals surface area contributed by atoms with Gasteiger partial charge in [-0.25, -0.2) is 0 Å². The minimum absolute atomic E-state index is 0.346. The summed E-state index contributed by atoms with van der Waals surface area (Å²) in [6, 6.07) is 14.2. The molecule has 0 amide bonds. The summed E-state index contributed by atoms with van der Waals surface area (Å²) < 4.78 is 0. The largest absolute Gasteiger partial charge is 0.507 e. The van der Waals surface area contributed by atoms with Crippen LogP contribution < -0.4 is 0 Å². The molecule has 0 saturated heterocycles. The highest BCUT2D eigenvalue weighted by Gasteiger charge is 2.13. The minimum Gasteiger partial charge on any atom is -0.507 e. The zero-order chi connectivity index (χ0) is 16.1. The second kappa shape index (κ2) is 7.45. The van der Waals surface area contributed by atoms with Crippen LogP contribution in [0.1, 0.15) is 43.2 Å². The summed E-state index contributed by atoms with van der Waals surface area (Å²) in [5, 5.41) is 10.5. The van der Waals surface area contributed by atoms with Crippen molar-refractivity contribution in [3.05, 3.63) is 53.6 Å². The van der Waals surface area contributed by atoms with Crippen molar-refractivity contribution in [2.75, 3.05) is 6.54 Å². The Hall–Kier alpha value is -2.09. The SMILES string of the molecule is Cc1ccc(-c2ccccc2)c(C=NCC2CCCCC2)c1O. The summed E-state index contributed by atoms with van der Waals surface area (Å²) in [6.45, 7) is 2.81. The van der Waals surface area contributed by atoms with Gasteiger partial charge in [0, 0.05) is 18.3 Å². The first-order valence-electron chi connectivity index (χ1n) is 8.63. The summed E-state index contributed by atoms with van der Waals surface area (Å²) in [4.78, 5) is 4.67. The number of benzene rings is 2. The van der Waals surface area contributed by atoms with E-state index >= 15 is 0 Å². The zero-order valence-corrected chi connectivity index (χ0v) is 13.8. The number of phenolic OH excluding ortho intramolecular Hbond substituents is 1. The summed E-state index contributed by atoms with van der Waals surface area (Å²) in [5.41, 5.74) is 3.89. The van der Waals surface area contributed by atoms with Gasteiger partial charge in [-0.15, -0.1) is 0 Å². The van der Waals surface area contributed by atoms with Crippen molar-refractivity contribution >= 4 is 6.21 Å². The van der Waals surface area contributed by atoms with Crippen LogP contribution >= 0.6 is 0 Å². The van der Waals surface area contributed by atoms with Crippen molar-refractivity contribution in [1.29, 1.82) is 0 Å². The number of phenols is 1. The Morgan fingerprint density at radius 3 is 2.52 bits per heavy atom. The van der Waals surface area contributed by atoms with E-state index in [1.807, 2.05) is 37.4 Å². The molecule has 1 N–H and O–H groups in total. The molecule has 0 spiro atoms. The number of aromatic hydroxyl groups is 1. The van der Waals surface area contributed by atoms with E-state index < -0.39 is 0 Å². The Labute approximate surface area is 138 Å². The van der Waals surface area contributed by atoms with Crippen LogP contribution in [0.3, 0.4) is 0 Å². The molecule has 2 heteroatoms. The van der Waals surface area contributed by atoms with Gasteiger partial charge in [-0.2, -0.15) is 0 Å². The fraction of sp³-hybridized carbons (Fsp3) is 0.381. The average Bonchev–Trinajstić information content (AvgIpc) is 2.60. The molecular formula is C21H25NO. The van der Waals surface area contributed by atoms with E-state index in [1.165, 1.54) is 32.1 Å². The summed E-state index contributed by atoms with van der Waals surface area (Å²) in [6.07, 6.45) is 8.51. The van der Waals surface area contributed by atoms with Crippen LogP contribution in [0, 0.1) is 12.8 Å². The van der Waals surface area contributed by atoms with Crippen LogP contribution in [0.25, 0.3) is 11.1 Å². The van der Waals surface area contributed by atoms with Gasteiger partial charge in [-0.3, -0.25) is 4.99 Å². The average molecular weight is 307 g/mol. The van der Waals surface area contributed by atoms with Gasteiger partial charge in [0.05, 0.1) is 0 Å². The molecule has 1 aliphatic carbocycles. The van der Waals surface area contributed by atoms with Crippen LogP contribution in [-0.4, -0.2) is 17.9 Å². The predicted molar refractivity (Wildman–Crippen MR) is 97.3 cm³/mol. The number of rotatable bonds is 4. The lowest BCUT2D eigenvalue weighted by molar-refractivity contribution is 0.367. The molecule has 23 heavy (non-hydrogen) atoms. The number of aliphatic imine (C=N–C) groups is 1. The molecule has 0 bridgehead atoms. The van der Waals surface area contributed by atoms with Crippen molar-refractivity contribution < 1.29 is 5.11 Å². The highest BCUT2D eigenvalue weighted by molar-refractivity contribution is 5.94. The number of nitrogens with zero attached hydrogens (tertiary/aromatic N) is 1. The Bertz CT molecular complexity index is 670. The predicted octanol–water partition coefficient (Wildman–Crippen LogP) is 5.37. The molecule has 0 unspecified atom stereocenters. The lowest BCUT2D eigenvalue weighted by atomic mass is 9.89. The van der Waals surface area contributed by atoms with Gasteiger partial charge in [-0.1, -0.05) is 61.7 Å². The van der Waals surface area contributed by atoms with Gasteiger partial charge in [-0.05, 0) is 42.4 Å². The lowest BCUT2D eigenvalue weighted by Gasteiger charge is -2.19. The van der Waals surface area contributed by atoms with Gasteiger partial charge in [0.1, 0.15) is 5.75 Å². The van der Waals surface area contributed by atoms with E-state index in [4.69, 9.17) is 0 Å². The molecule has 1 saturated carbocycles. The molecule has 120 valence electrons. The third kappa shape index (κ3) is 3.82. The van der Waals surface area contributed by atoms with Crippen molar-refractivity contribution in [1.82, 2.24) is 0 Å². The molecule has 1 fully saturated rings. The Kier molecular flexibility index (Phi) is 5.12. The van der Waals surface area contributed by atoms with E-state index in [2.05, 4.69) is 23.2 Å². The number of aryl methyl sites for hydroxylation is 1. The van der Waals surface area contributed by atoms with Crippen LogP contribution in [0.5, 0.6) is 5.75 Å². The Morgan fingerprint density at radius 2 is 1.78 bits per heavy atom. The fourth-order valence-electron chi connectivity index (χ4n) is 3.38. The zero-order valence-electron chi connectivity index (χ0n) is 13.8. The van der Waals surface area contributed by atoms with Crippen molar-refractivity contribution in [3.63, 3.8) is 0 Å². The second-order valence-electron chi connectivity index (χ2n) is 6.56. The van der Waals surface area contributed by atoms with Crippen molar-refractivity contribution in [2.45, 2.75) is 39.0 Å². The van der Waals surface area contributed by atoms with Gasteiger partial charge < -0.3 is 5.11 Å². The van der Waals surface area contributed by atoms with E-state index in [1.54, 1.807) is 0 Å². The van der Waals surface area contributed by atoms with Crippen LogP contribution in [-0.2, 0) is 0 Å². The molecule has 0 aromatic heterocycles. The lowest BCUT2D eigenvalue weighted by Crippen LogP contribution is -2.09. The Morgan fingerprint density at radius 1 is 1.04 bits per heavy atom. The first kappa shape index (κ1) is 15.8. The standard InChI is InChI=1S/C21H25NO/c1-16-12-13-19(18-10-6-3-7-11-18)20(21(16)23)15-22-14-17-8-4-2-5-9-17/h3,6-7,10-13,15,17,23H,2,4-5,8-9,14H2,1H3. The molecule has 0 atom stereocenters. The first-order valence-corrected chi connectivity index (χ1v) is 8.63. The van der Waals surface area contributed by atoms with Gasteiger partial charge in [0.2, 0.25) is 0 Å². The monoisotopic (exact) mass is 307 g/mol. The van der Waals surface area contributed by atoms with E-state index in [-0.39, 0.29) is 0 Å². The fourth-order valence-corrected chi connectivity index (χ4v) is 3.38. The molecule has 3 rings (SSSR count). The maximum Gasteiger partial charge on any atom is 0.127 e. The van der Waals surface area contributed by atoms with Gasteiger partial charge >= 0.3 is 0 Å². The van der Waals surface area contributed by atoms with E-state index in [9.17, 15) is 5.11 Å². The summed E-state index contributed by atoms with van der Waals surface area (Å²) in [7, 11) is 0. The Balaban J connectivity index is 1.86. The maximum absolute atomic E-state index is 10.5. The van der Waals surface area contributed by atoms with E-state index in [0.717, 1.165) is 28.8 Å². The second-order valence-corrected chi connectivity index (χ2v) is 6.56. The highest BCUT2D eigenvalue weighted by Crippen LogP contribution is 2.31. The van der Waals surface area contributed by atoms with Gasteiger partial charge in [0.25, 0.3) is 0 Å². The van der Waals surface area contributed by atoms with Crippen molar-refractivity contribution in [2.24, 2.45) is 10.9 Å². The summed E-state index contributed by atoms with van der Waals surface area (Å²) >= 11 is 0. The molecule has 2 aromatic carbocycles. The molecule has 1 aliphatic rings. The third-order valence-electron chi connectivity index (χ3n) is 4.81. The number of hydrogen-bond acceptors (Lipinski definition) is 2. The smallest absolute Gasteiger partial charge is 0.127 e. The van der Waals surface area contributed by atoms with Crippen LogP contribution in [0.4, 0.5) is 0 Å². The molecule has 0 radical (unpaired) electrons. The quantitative estimate of drug-likeness (QED) is 0.757. The molecule has 2 nitrogen and oxygen atoms in total. The molecule has 2 aromatic rings. The van der Waals surface area contributed by atoms with Crippen LogP contribution in [0.15, 0.2) is 47.5 Å².